The molecule has 2 nitrogen and oxygen atoms in total. The van der Waals surface area contributed by atoms with E-state index in [1.54, 1.807) is 7.11 Å². The van der Waals surface area contributed by atoms with Gasteiger partial charge in [0.15, 0.2) is 0 Å². The Labute approximate surface area is 120 Å². The van der Waals surface area contributed by atoms with Crippen molar-refractivity contribution in [2.24, 2.45) is 0 Å². The normalized spacial score (nSPS) is 20.8. The molecular formula is C18H20O2. The van der Waals surface area contributed by atoms with Crippen molar-refractivity contribution >= 4 is 0 Å². The van der Waals surface area contributed by atoms with Crippen LogP contribution in [0, 0.1) is 6.92 Å². The zero-order valence-corrected chi connectivity index (χ0v) is 12.0. The zero-order chi connectivity index (χ0) is 14.2. The summed E-state index contributed by atoms with van der Waals surface area (Å²) in [6.45, 7) is 2.07. The van der Waals surface area contributed by atoms with Crippen molar-refractivity contribution in [3.8, 4) is 5.75 Å². The molecule has 0 radical (unpaired) electrons. The number of ether oxygens (including phenoxy) is 1. The van der Waals surface area contributed by atoms with E-state index in [2.05, 4.69) is 25.1 Å². The number of aliphatic hydroxyl groups is 1. The van der Waals surface area contributed by atoms with Crippen LogP contribution < -0.4 is 4.74 Å². The molecule has 0 aromatic heterocycles. The van der Waals surface area contributed by atoms with Crippen LogP contribution in [0.25, 0.3) is 0 Å². The summed E-state index contributed by atoms with van der Waals surface area (Å²) in [4.78, 5) is 0. The first-order valence-corrected chi connectivity index (χ1v) is 7.06. The Kier molecular flexibility index (Phi) is 3.27. The molecule has 1 aliphatic carbocycles. The van der Waals surface area contributed by atoms with Gasteiger partial charge in [-0.1, -0.05) is 35.9 Å². The number of methoxy groups -OCH3 is 1. The molecule has 104 valence electrons. The van der Waals surface area contributed by atoms with E-state index in [1.165, 1.54) is 11.1 Å². The summed E-state index contributed by atoms with van der Waals surface area (Å²) in [7, 11) is 1.67. The highest BCUT2D eigenvalue weighted by Crippen LogP contribution is 2.40. The van der Waals surface area contributed by atoms with Crippen LogP contribution in [0.2, 0.25) is 0 Å². The monoisotopic (exact) mass is 268 g/mol. The zero-order valence-electron chi connectivity index (χ0n) is 12.0. The fraction of sp³-hybridized carbons (Fsp3) is 0.333. The minimum Gasteiger partial charge on any atom is -0.497 e. The molecule has 0 bridgehead atoms. The molecule has 1 aliphatic rings. The molecule has 0 fully saturated rings. The second kappa shape index (κ2) is 4.95. The average Bonchev–Trinajstić information content (AvgIpc) is 2.76. The fourth-order valence-electron chi connectivity index (χ4n) is 3.12. The minimum absolute atomic E-state index is 0.640. The molecule has 0 spiro atoms. The van der Waals surface area contributed by atoms with Crippen molar-refractivity contribution in [1.82, 2.24) is 0 Å². The summed E-state index contributed by atoms with van der Waals surface area (Å²) in [5.41, 5.74) is 3.95. The number of benzene rings is 2. The SMILES string of the molecule is COc1cccc(CC2(O)CCc3ccc(C)cc32)c1. The molecule has 2 heteroatoms. The molecule has 2 aromatic carbocycles. The van der Waals surface area contributed by atoms with Gasteiger partial charge in [0.1, 0.15) is 5.75 Å². The summed E-state index contributed by atoms with van der Waals surface area (Å²) >= 11 is 0. The lowest BCUT2D eigenvalue weighted by Crippen LogP contribution is -2.25. The molecule has 1 unspecified atom stereocenters. The van der Waals surface area contributed by atoms with E-state index in [0.29, 0.717) is 6.42 Å². The van der Waals surface area contributed by atoms with Crippen molar-refractivity contribution in [1.29, 1.82) is 0 Å². The van der Waals surface area contributed by atoms with Gasteiger partial charge in [0.2, 0.25) is 0 Å². The molecule has 1 atom stereocenters. The van der Waals surface area contributed by atoms with E-state index in [1.807, 2.05) is 24.3 Å². The average molecular weight is 268 g/mol. The van der Waals surface area contributed by atoms with Gasteiger partial charge in [0.05, 0.1) is 12.7 Å². The molecule has 1 N–H and O–H groups in total. The predicted molar refractivity (Wildman–Crippen MR) is 80.1 cm³/mol. The third-order valence-corrected chi connectivity index (χ3v) is 4.21. The van der Waals surface area contributed by atoms with Crippen molar-refractivity contribution in [2.75, 3.05) is 7.11 Å². The number of aryl methyl sites for hydroxylation is 2. The second-order valence-corrected chi connectivity index (χ2v) is 5.72. The molecule has 20 heavy (non-hydrogen) atoms. The van der Waals surface area contributed by atoms with Gasteiger partial charge in [0.25, 0.3) is 0 Å². The molecule has 3 rings (SSSR count). The Hall–Kier alpha value is -1.80. The summed E-state index contributed by atoms with van der Waals surface area (Å²) < 4.78 is 5.26. The van der Waals surface area contributed by atoms with Crippen molar-refractivity contribution in [3.05, 3.63) is 64.7 Å². The van der Waals surface area contributed by atoms with E-state index in [4.69, 9.17) is 4.74 Å². The summed E-state index contributed by atoms with van der Waals surface area (Å²) in [6, 6.07) is 14.4. The Balaban J connectivity index is 1.93. The van der Waals surface area contributed by atoms with E-state index >= 15 is 0 Å². The van der Waals surface area contributed by atoms with Crippen LogP contribution in [0.15, 0.2) is 42.5 Å². The number of hydrogen-bond acceptors (Lipinski definition) is 2. The number of rotatable bonds is 3. The van der Waals surface area contributed by atoms with E-state index in [0.717, 1.165) is 29.7 Å². The van der Waals surface area contributed by atoms with Crippen LogP contribution in [0.5, 0.6) is 5.75 Å². The van der Waals surface area contributed by atoms with E-state index in [9.17, 15) is 5.11 Å². The molecular weight excluding hydrogens is 248 g/mol. The minimum atomic E-state index is -0.742. The topological polar surface area (TPSA) is 29.5 Å². The van der Waals surface area contributed by atoms with Crippen LogP contribution in [0.3, 0.4) is 0 Å². The van der Waals surface area contributed by atoms with Gasteiger partial charge in [-0.25, -0.2) is 0 Å². The van der Waals surface area contributed by atoms with Crippen LogP contribution in [-0.4, -0.2) is 12.2 Å². The smallest absolute Gasteiger partial charge is 0.119 e. The van der Waals surface area contributed by atoms with Gasteiger partial charge in [-0.15, -0.1) is 0 Å². The number of hydrogen-bond donors (Lipinski definition) is 1. The molecule has 0 heterocycles. The lowest BCUT2D eigenvalue weighted by Gasteiger charge is -2.24. The van der Waals surface area contributed by atoms with Gasteiger partial charge >= 0.3 is 0 Å². The maximum absolute atomic E-state index is 11.0. The largest absolute Gasteiger partial charge is 0.497 e. The lowest BCUT2D eigenvalue weighted by atomic mass is 9.88. The van der Waals surface area contributed by atoms with E-state index in [-0.39, 0.29) is 0 Å². The van der Waals surface area contributed by atoms with Crippen molar-refractivity contribution < 1.29 is 9.84 Å². The first-order valence-electron chi connectivity index (χ1n) is 7.06. The van der Waals surface area contributed by atoms with Crippen LogP contribution >= 0.6 is 0 Å². The molecule has 0 saturated heterocycles. The summed E-state index contributed by atoms with van der Waals surface area (Å²) in [5.74, 6) is 0.841. The van der Waals surface area contributed by atoms with Gasteiger partial charge in [-0.2, -0.15) is 0 Å². The van der Waals surface area contributed by atoms with Gasteiger partial charge < -0.3 is 9.84 Å². The van der Waals surface area contributed by atoms with Crippen LogP contribution in [0.1, 0.15) is 28.7 Å². The van der Waals surface area contributed by atoms with Gasteiger partial charge in [-0.05, 0) is 48.6 Å². The standard InChI is InChI=1S/C18H20O2/c1-13-6-7-15-8-9-18(19,17(15)10-13)12-14-4-3-5-16(11-14)20-2/h3-7,10-11,19H,8-9,12H2,1-2H3. The summed E-state index contributed by atoms with van der Waals surface area (Å²) in [6.07, 6.45) is 2.39. The van der Waals surface area contributed by atoms with Crippen molar-refractivity contribution in [2.45, 2.75) is 31.8 Å². The number of fused-ring (bicyclic) bond motifs is 1. The maximum atomic E-state index is 11.0. The maximum Gasteiger partial charge on any atom is 0.119 e. The molecule has 0 saturated carbocycles. The summed E-state index contributed by atoms with van der Waals surface area (Å²) in [5, 5.41) is 11.0. The highest BCUT2D eigenvalue weighted by Gasteiger charge is 2.36. The molecule has 0 aliphatic heterocycles. The van der Waals surface area contributed by atoms with Gasteiger partial charge in [-0.3, -0.25) is 0 Å². The Bertz CT molecular complexity index is 633. The third-order valence-electron chi connectivity index (χ3n) is 4.21. The lowest BCUT2D eigenvalue weighted by molar-refractivity contribution is 0.0389. The molecule has 2 aromatic rings. The second-order valence-electron chi connectivity index (χ2n) is 5.72. The van der Waals surface area contributed by atoms with E-state index < -0.39 is 5.60 Å². The van der Waals surface area contributed by atoms with Crippen LogP contribution in [-0.2, 0) is 18.4 Å². The molecule has 0 amide bonds. The highest BCUT2D eigenvalue weighted by atomic mass is 16.5. The van der Waals surface area contributed by atoms with Crippen LogP contribution in [0.4, 0.5) is 0 Å². The highest BCUT2D eigenvalue weighted by molar-refractivity contribution is 5.42. The van der Waals surface area contributed by atoms with Gasteiger partial charge in [0, 0.05) is 6.42 Å². The quantitative estimate of drug-likeness (QED) is 0.924. The Morgan fingerprint density at radius 3 is 2.85 bits per heavy atom. The first kappa shape index (κ1) is 13.2. The first-order chi connectivity index (χ1) is 9.60. The Morgan fingerprint density at radius 1 is 1.20 bits per heavy atom. The predicted octanol–water partition coefficient (Wildman–Crippen LogP) is 3.38. The fourth-order valence-corrected chi connectivity index (χ4v) is 3.12. The third kappa shape index (κ3) is 2.32. The Morgan fingerprint density at radius 2 is 2.05 bits per heavy atom. The van der Waals surface area contributed by atoms with Crippen molar-refractivity contribution in [3.63, 3.8) is 0 Å².